The monoisotopic (exact) mass is 237 g/mol. The van der Waals surface area contributed by atoms with Gasteiger partial charge in [-0.15, -0.1) is 0 Å². The predicted octanol–water partition coefficient (Wildman–Crippen LogP) is 1.69. The topological polar surface area (TPSA) is 57.1 Å². The summed E-state index contributed by atoms with van der Waals surface area (Å²) in [5, 5.41) is 0. The summed E-state index contributed by atoms with van der Waals surface area (Å²) in [4.78, 5) is 13.7. The van der Waals surface area contributed by atoms with E-state index < -0.39 is 0 Å². The average Bonchev–Trinajstić information content (AvgIpc) is 2.35. The van der Waals surface area contributed by atoms with Crippen molar-refractivity contribution in [2.24, 2.45) is 4.99 Å². The minimum Gasteiger partial charge on any atom is -0.493 e. The summed E-state index contributed by atoms with van der Waals surface area (Å²) in [7, 11) is 4.71. The van der Waals surface area contributed by atoms with Crippen molar-refractivity contribution < 1.29 is 19.0 Å². The summed E-state index contributed by atoms with van der Waals surface area (Å²) in [5.41, 5.74) is 1.70. The number of isocyanates is 1. The molecule has 0 atom stereocenters. The molecule has 1 aromatic carbocycles. The average molecular weight is 237 g/mol. The van der Waals surface area contributed by atoms with Gasteiger partial charge < -0.3 is 14.2 Å². The number of hydrogen-bond acceptors (Lipinski definition) is 5. The van der Waals surface area contributed by atoms with Gasteiger partial charge in [-0.05, 0) is 17.7 Å². The number of carbonyl (C=O) groups excluding carboxylic acids is 1. The summed E-state index contributed by atoms with van der Waals surface area (Å²) < 4.78 is 15.5. The van der Waals surface area contributed by atoms with Crippen LogP contribution in [0.2, 0.25) is 0 Å². The van der Waals surface area contributed by atoms with Crippen LogP contribution in [0.25, 0.3) is 0 Å². The van der Waals surface area contributed by atoms with Crippen molar-refractivity contribution in [3.05, 3.63) is 23.3 Å². The minimum absolute atomic E-state index is 0.209. The molecule has 1 rings (SSSR count). The molecule has 0 radical (unpaired) electrons. The summed E-state index contributed by atoms with van der Waals surface area (Å²) >= 11 is 0. The maximum atomic E-state index is 10.2. The maximum absolute atomic E-state index is 10.2. The van der Waals surface area contributed by atoms with Crippen molar-refractivity contribution in [1.29, 1.82) is 0 Å². The lowest BCUT2D eigenvalue weighted by Gasteiger charge is -2.13. The van der Waals surface area contributed by atoms with Gasteiger partial charge in [0.25, 0.3) is 0 Å². The molecule has 0 saturated carbocycles. The molecule has 17 heavy (non-hydrogen) atoms. The van der Waals surface area contributed by atoms with Crippen molar-refractivity contribution in [2.45, 2.75) is 13.2 Å². The zero-order chi connectivity index (χ0) is 12.7. The van der Waals surface area contributed by atoms with Gasteiger partial charge in [0.15, 0.2) is 11.5 Å². The quantitative estimate of drug-likeness (QED) is 0.558. The smallest absolute Gasteiger partial charge is 0.235 e. The number of hydrogen-bond donors (Lipinski definition) is 0. The summed E-state index contributed by atoms with van der Waals surface area (Å²) in [6.45, 7) is 0.665. The molecule has 1 aromatic rings. The first kappa shape index (κ1) is 13.2. The van der Waals surface area contributed by atoms with Crippen LogP contribution in [0.5, 0.6) is 11.5 Å². The Morgan fingerprint density at radius 3 is 2.53 bits per heavy atom. The van der Waals surface area contributed by atoms with Crippen LogP contribution in [0.3, 0.4) is 0 Å². The van der Waals surface area contributed by atoms with Gasteiger partial charge in [-0.3, -0.25) is 0 Å². The third-order valence-electron chi connectivity index (χ3n) is 2.24. The SMILES string of the molecule is COCc1cc(CN=C=O)c(OC)c(OC)c1. The van der Waals surface area contributed by atoms with Crippen molar-refractivity contribution in [1.82, 2.24) is 0 Å². The number of methoxy groups -OCH3 is 3. The lowest BCUT2D eigenvalue weighted by atomic mass is 10.1. The Labute approximate surface area is 100 Å². The van der Waals surface area contributed by atoms with Crippen LogP contribution < -0.4 is 9.47 Å². The molecular weight excluding hydrogens is 222 g/mol. The molecule has 92 valence electrons. The van der Waals surface area contributed by atoms with Crippen LogP contribution in [-0.2, 0) is 22.7 Å². The van der Waals surface area contributed by atoms with Crippen LogP contribution in [0.1, 0.15) is 11.1 Å². The Hall–Kier alpha value is -1.84. The van der Waals surface area contributed by atoms with E-state index in [0.29, 0.717) is 18.1 Å². The first-order valence-electron chi connectivity index (χ1n) is 5.03. The Morgan fingerprint density at radius 1 is 1.24 bits per heavy atom. The number of benzene rings is 1. The first-order valence-corrected chi connectivity index (χ1v) is 5.03. The van der Waals surface area contributed by atoms with E-state index >= 15 is 0 Å². The normalized spacial score (nSPS) is 9.59. The number of rotatable bonds is 6. The fraction of sp³-hybridized carbons (Fsp3) is 0.417. The van der Waals surface area contributed by atoms with E-state index in [1.165, 1.54) is 6.08 Å². The lowest BCUT2D eigenvalue weighted by molar-refractivity contribution is 0.184. The van der Waals surface area contributed by atoms with Crippen molar-refractivity contribution in [3.8, 4) is 11.5 Å². The van der Waals surface area contributed by atoms with Crippen molar-refractivity contribution >= 4 is 6.08 Å². The number of nitrogens with zero attached hydrogens (tertiary/aromatic N) is 1. The van der Waals surface area contributed by atoms with Gasteiger partial charge in [0, 0.05) is 12.7 Å². The van der Waals surface area contributed by atoms with Gasteiger partial charge in [0.1, 0.15) is 0 Å². The molecular formula is C12H15NO4. The first-order chi connectivity index (χ1) is 8.26. The van der Waals surface area contributed by atoms with Crippen LogP contribution in [0.15, 0.2) is 17.1 Å². The number of aliphatic imine (C=N–C) groups is 1. The minimum atomic E-state index is 0.209. The Bertz CT molecular complexity index is 425. The van der Waals surface area contributed by atoms with Crippen LogP contribution in [-0.4, -0.2) is 27.4 Å². The van der Waals surface area contributed by atoms with Crippen molar-refractivity contribution in [3.63, 3.8) is 0 Å². The molecule has 0 N–H and O–H groups in total. The largest absolute Gasteiger partial charge is 0.493 e. The predicted molar refractivity (Wildman–Crippen MR) is 62.1 cm³/mol. The molecule has 0 aliphatic carbocycles. The molecule has 0 amide bonds. The molecule has 5 heteroatoms. The molecule has 0 fully saturated rings. The fourth-order valence-corrected chi connectivity index (χ4v) is 1.59. The Morgan fingerprint density at radius 2 is 2.00 bits per heavy atom. The van der Waals surface area contributed by atoms with Crippen molar-refractivity contribution in [2.75, 3.05) is 21.3 Å². The highest BCUT2D eigenvalue weighted by molar-refractivity contribution is 5.50. The second kappa shape index (κ2) is 6.68. The second-order valence-corrected chi connectivity index (χ2v) is 3.33. The highest BCUT2D eigenvalue weighted by Gasteiger charge is 2.12. The maximum Gasteiger partial charge on any atom is 0.235 e. The highest BCUT2D eigenvalue weighted by Crippen LogP contribution is 2.33. The van der Waals surface area contributed by atoms with E-state index in [-0.39, 0.29) is 6.54 Å². The molecule has 5 nitrogen and oxygen atoms in total. The third-order valence-corrected chi connectivity index (χ3v) is 2.24. The van der Waals surface area contributed by atoms with Gasteiger partial charge >= 0.3 is 0 Å². The van der Waals surface area contributed by atoms with Gasteiger partial charge in [-0.1, -0.05) is 0 Å². The molecule has 0 aliphatic heterocycles. The zero-order valence-electron chi connectivity index (χ0n) is 10.1. The van der Waals surface area contributed by atoms with Gasteiger partial charge in [-0.25, -0.2) is 9.79 Å². The molecule has 0 saturated heterocycles. The zero-order valence-corrected chi connectivity index (χ0v) is 10.1. The molecule has 0 heterocycles. The highest BCUT2D eigenvalue weighted by atomic mass is 16.5. The van der Waals surface area contributed by atoms with Gasteiger partial charge in [0.2, 0.25) is 6.08 Å². The number of ether oxygens (including phenoxy) is 3. The van der Waals surface area contributed by atoms with E-state index in [1.54, 1.807) is 21.3 Å². The standard InChI is InChI=1S/C12H15NO4/c1-15-7-9-4-10(6-13-8-14)12(17-3)11(5-9)16-2/h4-5H,6-7H2,1-3H3. The Balaban J connectivity index is 3.20. The van der Waals surface area contributed by atoms with E-state index in [2.05, 4.69) is 4.99 Å². The van der Waals surface area contributed by atoms with E-state index in [1.807, 2.05) is 12.1 Å². The summed E-state index contributed by atoms with van der Waals surface area (Å²) in [6.07, 6.45) is 1.50. The van der Waals surface area contributed by atoms with Crippen LogP contribution in [0.4, 0.5) is 0 Å². The molecule has 0 spiro atoms. The van der Waals surface area contributed by atoms with E-state index in [9.17, 15) is 4.79 Å². The molecule has 0 aromatic heterocycles. The van der Waals surface area contributed by atoms with Crippen LogP contribution >= 0.6 is 0 Å². The summed E-state index contributed by atoms with van der Waals surface area (Å²) in [5.74, 6) is 1.17. The fourth-order valence-electron chi connectivity index (χ4n) is 1.59. The Kier molecular flexibility index (Phi) is 5.20. The van der Waals surface area contributed by atoms with Gasteiger partial charge in [-0.2, -0.15) is 0 Å². The molecule has 0 unspecified atom stereocenters. The van der Waals surface area contributed by atoms with Crippen LogP contribution in [0, 0.1) is 0 Å². The lowest BCUT2D eigenvalue weighted by Crippen LogP contribution is -1.99. The van der Waals surface area contributed by atoms with E-state index in [0.717, 1.165) is 11.1 Å². The second-order valence-electron chi connectivity index (χ2n) is 3.33. The summed E-state index contributed by atoms with van der Waals surface area (Å²) in [6, 6.07) is 3.70. The van der Waals surface area contributed by atoms with E-state index in [4.69, 9.17) is 14.2 Å². The molecule has 0 aliphatic rings. The van der Waals surface area contributed by atoms with Gasteiger partial charge in [0.05, 0.1) is 27.4 Å². The molecule has 0 bridgehead atoms. The third kappa shape index (κ3) is 3.31.